The van der Waals surface area contributed by atoms with Crippen LogP contribution in [-0.2, 0) is 13.1 Å². The molecule has 10 heteroatoms. The molecular weight excluding hydrogens is 523 g/mol. The van der Waals surface area contributed by atoms with Crippen molar-refractivity contribution in [2.24, 2.45) is 4.99 Å². The van der Waals surface area contributed by atoms with Gasteiger partial charge < -0.3 is 29.6 Å². The summed E-state index contributed by atoms with van der Waals surface area (Å²) in [5.74, 6) is 2.48. The van der Waals surface area contributed by atoms with Crippen molar-refractivity contribution in [3.05, 3.63) is 47.5 Å². The molecule has 0 aliphatic heterocycles. The highest BCUT2D eigenvalue weighted by Gasteiger charge is 2.12. The minimum atomic E-state index is -2.92. The van der Waals surface area contributed by atoms with Crippen molar-refractivity contribution in [3.63, 3.8) is 0 Å². The monoisotopic (exact) mass is 551 g/mol. The molecule has 0 aliphatic carbocycles. The van der Waals surface area contributed by atoms with Gasteiger partial charge in [0, 0.05) is 30.3 Å². The average Bonchev–Trinajstić information content (AvgIpc) is 2.75. The Morgan fingerprint density at radius 1 is 0.903 bits per heavy atom. The highest BCUT2D eigenvalue weighted by molar-refractivity contribution is 14.0. The molecule has 0 spiro atoms. The minimum Gasteiger partial charge on any atom is -0.497 e. The highest BCUT2D eigenvalue weighted by Crippen LogP contribution is 2.27. The number of guanidine groups is 1. The second-order valence-corrected chi connectivity index (χ2v) is 6.08. The van der Waals surface area contributed by atoms with Crippen molar-refractivity contribution in [2.75, 3.05) is 27.9 Å². The fraction of sp³-hybridized carbons (Fsp3) is 0.381. The van der Waals surface area contributed by atoms with Gasteiger partial charge in [0.25, 0.3) is 0 Å². The maximum absolute atomic E-state index is 12.7. The third-order valence-corrected chi connectivity index (χ3v) is 4.18. The smallest absolute Gasteiger partial charge is 0.387 e. The van der Waals surface area contributed by atoms with Gasteiger partial charge in [-0.1, -0.05) is 0 Å². The van der Waals surface area contributed by atoms with E-state index in [9.17, 15) is 8.78 Å². The molecule has 0 saturated carbocycles. The van der Waals surface area contributed by atoms with Crippen LogP contribution in [-0.4, -0.2) is 40.4 Å². The van der Waals surface area contributed by atoms with E-state index < -0.39 is 6.61 Å². The zero-order chi connectivity index (χ0) is 21.9. The molecule has 0 aliphatic rings. The van der Waals surface area contributed by atoms with E-state index in [1.54, 1.807) is 32.4 Å². The number of rotatable bonds is 10. The van der Waals surface area contributed by atoms with Crippen LogP contribution in [0.2, 0.25) is 0 Å². The summed E-state index contributed by atoms with van der Waals surface area (Å²) < 4.78 is 45.8. The van der Waals surface area contributed by atoms with Crippen molar-refractivity contribution < 1.29 is 27.7 Å². The number of nitrogens with zero attached hydrogens (tertiary/aromatic N) is 1. The zero-order valence-corrected chi connectivity index (χ0v) is 20.2. The normalized spacial score (nSPS) is 10.9. The predicted molar refractivity (Wildman–Crippen MR) is 126 cm³/mol. The second kappa shape index (κ2) is 13.7. The predicted octanol–water partition coefficient (Wildman–Crippen LogP) is 4.19. The first-order chi connectivity index (χ1) is 14.5. The molecule has 0 amide bonds. The van der Waals surface area contributed by atoms with Crippen LogP contribution in [0.3, 0.4) is 0 Å². The fourth-order valence-corrected chi connectivity index (χ4v) is 2.70. The Balaban J connectivity index is 0.00000480. The maximum atomic E-state index is 12.7. The van der Waals surface area contributed by atoms with Crippen LogP contribution < -0.4 is 29.6 Å². The lowest BCUT2D eigenvalue weighted by atomic mass is 10.2. The van der Waals surface area contributed by atoms with Gasteiger partial charge in [-0.2, -0.15) is 8.78 Å². The molecule has 0 unspecified atom stereocenters. The number of hydrogen-bond donors (Lipinski definition) is 2. The average molecular weight is 551 g/mol. The van der Waals surface area contributed by atoms with Crippen molar-refractivity contribution in [1.29, 1.82) is 0 Å². The van der Waals surface area contributed by atoms with E-state index in [1.807, 2.05) is 19.1 Å². The Morgan fingerprint density at radius 2 is 1.58 bits per heavy atom. The maximum Gasteiger partial charge on any atom is 0.387 e. The topological polar surface area (TPSA) is 73.3 Å². The molecule has 0 fully saturated rings. The van der Waals surface area contributed by atoms with Gasteiger partial charge >= 0.3 is 6.61 Å². The number of benzene rings is 2. The minimum absolute atomic E-state index is 0. The quantitative estimate of drug-likeness (QED) is 0.262. The van der Waals surface area contributed by atoms with Crippen LogP contribution in [0, 0.1) is 0 Å². The van der Waals surface area contributed by atoms with E-state index in [0.717, 1.165) is 5.56 Å². The lowest BCUT2D eigenvalue weighted by Gasteiger charge is -2.15. The summed E-state index contributed by atoms with van der Waals surface area (Å²) in [6.07, 6.45) is 0. The van der Waals surface area contributed by atoms with E-state index >= 15 is 0 Å². The van der Waals surface area contributed by atoms with Gasteiger partial charge in [-0.05, 0) is 37.3 Å². The van der Waals surface area contributed by atoms with Crippen LogP contribution in [0.1, 0.15) is 18.1 Å². The third-order valence-electron chi connectivity index (χ3n) is 4.18. The van der Waals surface area contributed by atoms with Gasteiger partial charge in [0.15, 0.2) is 5.96 Å². The van der Waals surface area contributed by atoms with Crippen molar-refractivity contribution in [3.8, 4) is 23.0 Å². The first kappa shape index (κ1) is 26.5. The summed E-state index contributed by atoms with van der Waals surface area (Å²) in [6, 6.07) is 10.2. The largest absolute Gasteiger partial charge is 0.497 e. The van der Waals surface area contributed by atoms with Crippen LogP contribution in [0.25, 0.3) is 0 Å². The number of alkyl halides is 2. The number of methoxy groups -OCH3 is 3. The Kier molecular flexibility index (Phi) is 11.8. The zero-order valence-electron chi connectivity index (χ0n) is 17.9. The molecule has 2 aromatic rings. The van der Waals surface area contributed by atoms with Gasteiger partial charge in [-0.15, -0.1) is 24.0 Å². The van der Waals surface area contributed by atoms with E-state index in [-0.39, 0.29) is 36.3 Å². The number of hydrogen-bond acceptors (Lipinski definition) is 5. The van der Waals surface area contributed by atoms with Crippen molar-refractivity contribution >= 4 is 29.9 Å². The first-order valence-corrected chi connectivity index (χ1v) is 9.35. The number of ether oxygens (including phenoxy) is 4. The molecule has 7 nitrogen and oxygen atoms in total. The molecule has 0 saturated heterocycles. The molecule has 0 bridgehead atoms. The molecule has 2 rings (SSSR count). The van der Waals surface area contributed by atoms with Crippen molar-refractivity contribution in [1.82, 2.24) is 10.6 Å². The lowest BCUT2D eigenvalue weighted by molar-refractivity contribution is -0.0504. The summed E-state index contributed by atoms with van der Waals surface area (Å²) in [5.41, 5.74) is 1.39. The Hall–Kier alpha value is -2.50. The first-order valence-electron chi connectivity index (χ1n) is 9.35. The van der Waals surface area contributed by atoms with Gasteiger partial charge in [0.1, 0.15) is 23.0 Å². The van der Waals surface area contributed by atoms with Crippen LogP contribution in [0.15, 0.2) is 41.4 Å². The van der Waals surface area contributed by atoms with Crippen LogP contribution >= 0.6 is 24.0 Å². The molecule has 172 valence electrons. The Bertz CT molecular complexity index is 853. The summed E-state index contributed by atoms with van der Waals surface area (Å²) in [7, 11) is 4.68. The molecule has 0 radical (unpaired) electrons. The third kappa shape index (κ3) is 8.27. The molecular formula is C21H28F2IN3O4. The standard InChI is InChI=1S/C21H27F2N3O4.HI/c1-5-24-21(25-12-14-6-7-17(28-3)11-19(14)29-4)26-13-15-10-16(27-2)8-9-18(15)30-20(22)23;/h6-11,20H,5,12-13H2,1-4H3,(H2,24,25,26);1H. The summed E-state index contributed by atoms with van der Waals surface area (Å²) in [5, 5.41) is 6.33. The van der Waals surface area contributed by atoms with E-state index in [0.29, 0.717) is 41.9 Å². The SMILES string of the molecule is CCNC(=NCc1cc(OC)ccc1OC(F)F)NCc1ccc(OC)cc1OC.I. The van der Waals surface area contributed by atoms with E-state index in [1.165, 1.54) is 13.2 Å². The highest BCUT2D eigenvalue weighted by atomic mass is 127. The summed E-state index contributed by atoms with van der Waals surface area (Å²) >= 11 is 0. The number of nitrogens with one attached hydrogen (secondary N) is 2. The van der Waals surface area contributed by atoms with Gasteiger partial charge in [-0.25, -0.2) is 4.99 Å². The van der Waals surface area contributed by atoms with Gasteiger partial charge in [0.2, 0.25) is 0 Å². The Labute approximate surface area is 198 Å². The summed E-state index contributed by atoms with van der Waals surface area (Å²) in [4.78, 5) is 4.48. The van der Waals surface area contributed by atoms with E-state index in [2.05, 4.69) is 20.4 Å². The molecule has 0 aromatic heterocycles. The molecule has 0 atom stereocenters. The molecule has 2 aromatic carbocycles. The molecule has 2 N–H and O–H groups in total. The van der Waals surface area contributed by atoms with Crippen molar-refractivity contribution in [2.45, 2.75) is 26.6 Å². The van der Waals surface area contributed by atoms with Crippen LogP contribution in [0.4, 0.5) is 8.78 Å². The van der Waals surface area contributed by atoms with Gasteiger partial charge in [0.05, 0.1) is 27.9 Å². The van der Waals surface area contributed by atoms with E-state index in [4.69, 9.17) is 14.2 Å². The molecule has 0 heterocycles. The fourth-order valence-electron chi connectivity index (χ4n) is 2.70. The van der Waals surface area contributed by atoms with Gasteiger partial charge in [-0.3, -0.25) is 0 Å². The number of halogens is 3. The Morgan fingerprint density at radius 3 is 2.19 bits per heavy atom. The summed E-state index contributed by atoms with van der Waals surface area (Å²) in [6.45, 7) is 0.202. The number of aliphatic imine (C=N–C) groups is 1. The lowest BCUT2D eigenvalue weighted by Crippen LogP contribution is -2.36. The molecule has 31 heavy (non-hydrogen) atoms. The van der Waals surface area contributed by atoms with Crippen LogP contribution in [0.5, 0.6) is 23.0 Å². The second-order valence-electron chi connectivity index (χ2n) is 6.08.